The number of hydrogen-bond acceptors (Lipinski definition) is 5. The number of allylic oxidation sites excluding steroid dienone is 2. The molecule has 0 bridgehead atoms. The number of rotatable bonds is 69. The summed E-state index contributed by atoms with van der Waals surface area (Å²) in [5, 5.41) is 23.5. The summed E-state index contributed by atoms with van der Waals surface area (Å²) < 4.78 is 5.49. The van der Waals surface area contributed by atoms with Crippen LogP contribution in [0.15, 0.2) is 12.2 Å². The molecule has 79 heavy (non-hydrogen) atoms. The Kier molecular flexibility index (Phi) is 67.9. The molecule has 2 unspecified atom stereocenters. The van der Waals surface area contributed by atoms with Gasteiger partial charge in [-0.1, -0.05) is 366 Å². The van der Waals surface area contributed by atoms with Crippen LogP contribution in [0, 0.1) is 0 Å². The summed E-state index contributed by atoms with van der Waals surface area (Å²) in [5.74, 6) is -0.0217. The second-order valence-electron chi connectivity index (χ2n) is 25.3. The molecule has 0 aromatic rings. The average molecular weight is 1110 g/mol. The summed E-state index contributed by atoms with van der Waals surface area (Å²) in [6, 6.07) is -0.542. The molecule has 470 valence electrons. The highest BCUT2D eigenvalue weighted by Crippen LogP contribution is 2.20. The number of carbonyl (C=O) groups is 2. The highest BCUT2D eigenvalue weighted by atomic mass is 16.5. The Hall–Kier alpha value is -1.40. The lowest BCUT2D eigenvalue weighted by Gasteiger charge is -2.22. The fourth-order valence-electron chi connectivity index (χ4n) is 11.8. The number of aliphatic hydroxyl groups excluding tert-OH is 2. The van der Waals surface area contributed by atoms with Gasteiger partial charge in [-0.25, -0.2) is 0 Å². The highest BCUT2D eigenvalue weighted by molar-refractivity contribution is 5.76. The van der Waals surface area contributed by atoms with Crippen LogP contribution in [0.1, 0.15) is 418 Å². The molecule has 0 radical (unpaired) electrons. The molecular formula is C73H143NO5. The van der Waals surface area contributed by atoms with Crippen LogP contribution in [0.5, 0.6) is 0 Å². The molecule has 2 atom stereocenters. The first-order valence-corrected chi connectivity index (χ1v) is 36.4. The molecule has 0 fully saturated rings. The molecule has 6 nitrogen and oxygen atoms in total. The minimum absolute atomic E-state index is 0.00721. The number of esters is 1. The maximum atomic E-state index is 12.6. The first-order chi connectivity index (χ1) is 39.0. The van der Waals surface area contributed by atoms with E-state index in [-0.39, 0.29) is 18.5 Å². The Morgan fingerprint density at radius 1 is 0.342 bits per heavy atom. The lowest BCUT2D eigenvalue weighted by Crippen LogP contribution is -2.45. The summed E-state index contributed by atoms with van der Waals surface area (Å²) >= 11 is 0. The summed E-state index contributed by atoms with van der Waals surface area (Å²) in [4.78, 5) is 24.6. The summed E-state index contributed by atoms with van der Waals surface area (Å²) in [6.45, 7) is 4.99. The smallest absolute Gasteiger partial charge is 0.305 e. The molecule has 0 rings (SSSR count). The molecule has 3 N–H and O–H groups in total. The van der Waals surface area contributed by atoms with E-state index in [0.717, 1.165) is 44.9 Å². The highest BCUT2D eigenvalue weighted by Gasteiger charge is 2.20. The molecular weight excluding hydrogens is 971 g/mol. The van der Waals surface area contributed by atoms with Crippen LogP contribution in [0.25, 0.3) is 0 Å². The van der Waals surface area contributed by atoms with E-state index >= 15 is 0 Å². The Morgan fingerprint density at radius 3 is 0.899 bits per heavy atom. The van der Waals surface area contributed by atoms with Crippen molar-refractivity contribution in [2.75, 3.05) is 13.2 Å². The molecule has 0 spiro atoms. The predicted molar refractivity (Wildman–Crippen MR) is 347 cm³/mol. The molecule has 0 aliphatic rings. The zero-order valence-electron chi connectivity index (χ0n) is 53.9. The first kappa shape index (κ1) is 77.6. The minimum atomic E-state index is -0.665. The third-order valence-corrected chi connectivity index (χ3v) is 17.3. The maximum Gasteiger partial charge on any atom is 0.305 e. The van der Waals surface area contributed by atoms with E-state index < -0.39 is 12.1 Å². The predicted octanol–water partition coefficient (Wildman–Crippen LogP) is 23.5. The molecule has 0 aromatic heterocycles. The van der Waals surface area contributed by atoms with Crippen LogP contribution < -0.4 is 5.32 Å². The van der Waals surface area contributed by atoms with Gasteiger partial charge >= 0.3 is 5.97 Å². The monoisotopic (exact) mass is 1110 g/mol. The Morgan fingerprint density at radius 2 is 0.595 bits per heavy atom. The molecule has 0 heterocycles. The Balaban J connectivity index is 3.37. The van der Waals surface area contributed by atoms with Gasteiger partial charge in [0.2, 0.25) is 5.91 Å². The fourth-order valence-corrected chi connectivity index (χ4v) is 11.8. The standard InChI is InChI=1S/C73H143NO5/c1-3-5-7-9-11-13-15-17-19-20-21-22-23-24-26-29-32-35-38-41-45-49-53-57-61-65-71(76)70(69-75)74-72(77)66-62-58-54-50-46-42-39-36-33-30-27-25-28-31-34-37-40-44-48-52-56-60-64-68-79-73(78)67-63-59-55-51-47-43-18-16-14-12-10-8-6-4-2/h16,18,70-71,75-76H,3-15,17,19-69H2,1-2H3,(H,74,77)/b18-16-. The van der Waals surface area contributed by atoms with Crippen LogP contribution in [-0.4, -0.2) is 47.4 Å². The largest absolute Gasteiger partial charge is 0.466 e. The van der Waals surface area contributed by atoms with Crippen LogP contribution in [-0.2, 0) is 14.3 Å². The van der Waals surface area contributed by atoms with Crippen molar-refractivity contribution in [3.63, 3.8) is 0 Å². The SMILES string of the molecule is CCCCCCC/C=C\CCCCCCCC(=O)OCCCCCCCCCCCCCCCCCCCCCCCCCC(=O)NC(CO)C(O)CCCCCCCCCCCCCCCCCCCCCCCCCCC. The molecule has 1 amide bonds. The van der Waals surface area contributed by atoms with Crippen molar-refractivity contribution in [3.05, 3.63) is 12.2 Å². The summed E-state index contributed by atoms with van der Waals surface area (Å²) in [5.41, 5.74) is 0. The zero-order valence-corrected chi connectivity index (χ0v) is 53.9. The molecule has 0 aromatic carbocycles. The average Bonchev–Trinajstić information content (AvgIpc) is 3.45. The van der Waals surface area contributed by atoms with Crippen LogP contribution >= 0.6 is 0 Å². The quantitative estimate of drug-likeness (QED) is 0.0320. The van der Waals surface area contributed by atoms with Gasteiger partial charge in [0.1, 0.15) is 0 Å². The van der Waals surface area contributed by atoms with E-state index in [1.807, 2.05) is 0 Å². The lowest BCUT2D eigenvalue weighted by molar-refractivity contribution is -0.143. The van der Waals surface area contributed by atoms with Crippen LogP contribution in [0.4, 0.5) is 0 Å². The molecule has 0 saturated carbocycles. The topological polar surface area (TPSA) is 95.9 Å². The lowest BCUT2D eigenvalue weighted by atomic mass is 10.0. The fraction of sp³-hybridized carbons (Fsp3) is 0.945. The maximum absolute atomic E-state index is 12.6. The second-order valence-corrected chi connectivity index (χ2v) is 25.3. The van der Waals surface area contributed by atoms with E-state index in [1.54, 1.807) is 0 Å². The molecule has 0 aliphatic carbocycles. The summed E-state index contributed by atoms with van der Waals surface area (Å²) in [7, 11) is 0. The van der Waals surface area contributed by atoms with Gasteiger partial charge in [0, 0.05) is 12.8 Å². The number of nitrogens with one attached hydrogen (secondary N) is 1. The van der Waals surface area contributed by atoms with Gasteiger partial charge in [-0.2, -0.15) is 0 Å². The van der Waals surface area contributed by atoms with Crippen molar-refractivity contribution in [1.29, 1.82) is 0 Å². The second kappa shape index (κ2) is 69.1. The number of carbonyl (C=O) groups excluding carboxylic acids is 2. The van der Waals surface area contributed by atoms with Crippen molar-refractivity contribution >= 4 is 11.9 Å². The Labute approximate surface area is 495 Å². The number of aliphatic hydroxyl groups is 2. The number of unbranched alkanes of at least 4 members (excludes halogenated alkanes) is 56. The van der Waals surface area contributed by atoms with Crippen LogP contribution in [0.2, 0.25) is 0 Å². The van der Waals surface area contributed by atoms with Crippen LogP contribution in [0.3, 0.4) is 0 Å². The molecule has 0 saturated heterocycles. The van der Waals surface area contributed by atoms with E-state index in [4.69, 9.17) is 4.74 Å². The summed E-state index contributed by atoms with van der Waals surface area (Å²) in [6.07, 6.45) is 85.5. The van der Waals surface area contributed by atoms with Gasteiger partial charge in [-0.3, -0.25) is 9.59 Å². The normalized spacial score (nSPS) is 12.5. The van der Waals surface area contributed by atoms with Gasteiger partial charge in [0.05, 0.1) is 25.4 Å². The number of hydrogen-bond donors (Lipinski definition) is 3. The number of amides is 1. The van der Waals surface area contributed by atoms with E-state index in [0.29, 0.717) is 25.9 Å². The zero-order chi connectivity index (χ0) is 57.1. The van der Waals surface area contributed by atoms with E-state index in [2.05, 4.69) is 31.3 Å². The molecule has 6 heteroatoms. The van der Waals surface area contributed by atoms with Gasteiger partial charge in [0.25, 0.3) is 0 Å². The van der Waals surface area contributed by atoms with Crippen molar-refractivity contribution < 1.29 is 24.5 Å². The Bertz CT molecular complexity index is 1190. The molecule has 0 aliphatic heterocycles. The van der Waals surface area contributed by atoms with Gasteiger partial charge in [0.15, 0.2) is 0 Å². The minimum Gasteiger partial charge on any atom is -0.466 e. The van der Waals surface area contributed by atoms with Crippen molar-refractivity contribution in [3.8, 4) is 0 Å². The van der Waals surface area contributed by atoms with Gasteiger partial charge < -0.3 is 20.3 Å². The van der Waals surface area contributed by atoms with E-state index in [1.165, 1.54) is 340 Å². The van der Waals surface area contributed by atoms with Gasteiger partial charge in [-0.15, -0.1) is 0 Å². The van der Waals surface area contributed by atoms with Crippen molar-refractivity contribution in [2.24, 2.45) is 0 Å². The van der Waals surface area contributed by atoms with Crippen molar-refractivity contribution in [1.82, 2.24) is 5.32 Å². The third kappa shape index (κ3) is 65.6. The first-order valence-electron chi connectivity index (χ1n) is 36.4. The van der Waals surface area contributed by atoms with E-state index in [9.17, 15) is 19.8 Å². The number of ether oxygens (including phenoxy) is 1. The third-order valence-electron chi connectivity index (χ3n) is 17.3. The van der Waals surface area contributed by atoms with Crippen molar-refractivity contribution in [2.45, 2.75) is 431 Å². The van der Waals surface area contributed by atoms with Gasteiger partial charge in [-0.05, 0) is 51.4 Å².